The second-order valence-electron chi connectivity index (χ2n) is 7.25. The van der Waals surface area contributed by atoms with Gasteiger partial charge in [-0.1, -0.05) is 12.1 Å². The second kappa shape index (κ2) is 9.67. The van der Waals surface area contributed by atoms with E-state index in [0.717, 1.165) is 6.07 Å². The first-order valence-corrected chi connectivity index (χ1v) is 8.62. The third kappa shape index (κ3) is 7.73. The van der Waals surface area contributed by atoms with Crippen LogP contribution in [0.15, 0.2) is 23.1 Å². The van der Waals surface area contributed by atoms with E-state index in [1.807, 2.05) is 25.7 Å². The van der Waals surface area contributed by atoms with E-state index in [1.54, 1.807) is 11.0 Å². The number of amides is 1. The maximum Gasteiger partial charge on any atom is 1.00 e. The molecule has 1 heterocycles. The van der Waals surface area contributed by atoms with Crippen LogP contribution in [0.25, 0.3) is 0 Å². The molecule has 0 aromatic heterocycles. The van der Waals surface area contributed by atoms with Crippen molar-refractivity contribution in [1.29, 1.82) is 0 Å². The molecule has 0 unspecified atom stereocenters. The fourth-order valence-corrected chi connectivity index (χ4v) is 2.97. The number of thiol groups is 1. The summed E-state index contributed by atoms with van der Waals surface area (Å²) in [6, 6.07) is 3.88. The molecule has 10 heteroatoms. The first kappa shape index (κ1) is 24.3. The van der Waals surface area contributed by atoms with Gasteiger partial charge in [0.25, 0.3) is 0 Å². The molecule has 1 aliphatic heterocycles. The van der Waals surface area contributed by atoms with E-state index in [9.17, 15) is 17.7 Å². The Balaban J connectivity index is 0.00000338. The molecule has 1 saturated heterocycles. The Kier molecular flexibility index (Phi) is 9.05. The standard InChI is InChI=1S/C16H23BF3N2O2S.K/c1-16(2,3)24-15(23)22-6-4-21(5-7-22)11-12-8-13(17(18,19)20)10-14(25)9-12;/h8-10,25H,4-7,11H2,1-3H3;/q-1;+1. The number of ether oxygens (including phenoxy) is 1. The summed E-state index contributed by atoms with van der Waals surface area (Å²) in [5, 5.41) is 0. The number of rotatable bonds is 3. The van der Waals surface area contributed by atoms with Crippen LogP contribution < -0.4 is 56.8 Å². The zero-order valence-electron chi connectivity index (χ0n) is 15.6. The van der Waals surface area contributed by atoms with Crippen LogP contribution in [0, 0.1) is 0 Å². The first-order chi connectivity index (χ1) is 11.4. The summed E-state index contributed by atoms with van der Waals surface area (Å²) in [4.78, 5) is 16.0. The minimum absolute atomic E-state index is 0. The Morgan fingerprint density at radius 1 is 1.15 bits per heavy atom. The van der Waals surface area contributed by atoms with Gasteiger partial charge in [0.1, 0.15) is 5.60 Å². The molecule has 1 aliphatic rings. The Morgan fingerprint density at radius 3 is 2.23 bits per heavy atom. The maximum absolute atomic E-state index is 13.0. The van der Waals surface area contributed by atoms with E-state index in [2.05, 4.69) is 12.6 Å². The van der Waals surface area contributed by atoms with Crippen molar-refractivity contribution in [3.63, 3.8) is 0 Å². The number of hydrogen-bond acceptors (Lipinski definition) is 4. The van der Waals surface area contributed by atoms with Crippen molar-refractivity contribution >= 4 is 31.2 Å². The molecule has 0 bridgehead atoms. The normalized spacial score (nSPS) is 16.2. The molecule has 0 saturated carbocycles. The molecule has 0 aliphatic carbocycles. The molecule has 140 valence electrons. The van der Waals surface area contributed by atoms with Crippen LogP contribution in [0.3, 0.4) is 0 Å². The Bertz CT molecular complexity index is 633. The summed E-state index contributed by atoms with van der Waals surface area (Å²) < 4.78 is 44.2. The van der Waals surface area contributed by atoms with Crippen molar-refractivity contribution in [3.05, 3.63) is 23.8 Å². The van der Waals surface area contributed by atoms with Gasteiger partial charge in [-0.25, -0.2) is 4.79 Å². The second-order valence-corrected chi connectivity index (χ2v) is 7.77. The smallest absolute Gasteiger partial charge is 0.445 e. The molecular formula is C16H23BF3KN2O2S. The van der Waals surface area contributed by atoms with Crippen molar-refractivity contribution in [2.45, 2.75) is 37.8 Å². The molecule has 26 heavy (non-hydrogen) atoms. The molecule has 0 radical (unpaired) electrons. The molecular weight excluding hydrogens is 391 g/mol. The fraction of sp³-hybridized carbons (Fsp3) is 0.562. The van der Waals surface area contributed by atoms with Gasteiger partial charge >= 0.3 is 64.5 Å². The van der Waals surface area contributed by atoms with Gasteiger partial charge in [0.05, 0.1) is 0 Å². The van der Waals surface area contributed by atoms with Crippen molar-refractivity contribution in [1.82, 2.24) is 9.80 Å². The molecule has 0 spiro atoms. The number of benzene rings is 1. The summed E-state index contributed by atoms with van der Waals surface area (Å²) in [5.74, 6) is 0. The Morgan fingerprint density at radius 2 is 1.73 bits per heavy atom. The van der Waals surface area contributed by atoms with Gasteiger partial charge in [-0.3, -0.25) is 4.90 Å². The number of carbonyl (C=O) groups is 1. The van der Waals surface area contributed by atoms with E-state index in [-0.39, 0.29) is 57.5 Å². The monoisotopic (exact) mass is 414 g/mol. The molecule has 1 fully saturated rings. The molecule has 1 amide bonds. The number of nitrogens with zero attached hydrogens (tertiary/aromatic N) is 2. The van der Waals surface area contributed by atoms with Crippen LogP contribution in [0.5, 0.6) is 0 Å². The van der Waals surface area contributed by atoms with Crippen molar-refractivity contribution in [2.24, 2.45) is 0 Å². The van der Waals surface area contributed by atoms with Crippen LogP contribution in [0.4, 0.5) is 17.7 Å². The van der Waals surface area contributed by atoms with Gasteiger partial charge in [-0.2, -0.15) is 0 Å². The summed E-state index contributed by atoms with van der Waals surface area (Å²) in [5.41, 5.74) is -0.598. The van der Waals surface area contributed by atoms with E-state index in [0.29, 0.717) is 43.2 Å². The van der Waals surface area contributed by atoms with Gasteiger partial charge in [0.2, 0.25) is 0 Å². The topological polar surface area (TPSA) is 32.8 Å². The minimum atomic E-state index is -5.04. The van der Waals surface area contributed by atoms with Gasteiger partial charge in [0, 0.05) is 37.6 Å². The SMILES string of the molecule is CC(C)(C)OC(=O)N1CCN(Cc2cc(S)cc([B-](F)(F)F)c2)CC1.[K+]. The van der Waals surface area contributed by atoms with E-state index in [4.69, 9.17) is 4.74 Å². The number of hydrogen-bond donors (Lipinski definition) is 1. The maximum atomic E-state index is 13.0. The summed E-state index contributed by atoms with van der Waals surface area (Å²) in [6.07, 6.45) is -0.355. The third-order valence-electron chi connectivity index (χ3n) is 3.81. The summed E-state index contributed by atoms with van der Waals surface area (Å²) >= 11 is 4.08. The van der Waals surface area contributed by atoms with Crippen molar-refractivity contribution in [3.8, 4) is 0 Å². The van der Waals surface area contributed by atoms with Crippen LogP contribution >= 0.6 is 12.6 Å². The summed E-state index contributed by atoms with van der Waals surface area (Å²) in [7, 11) is 0. The van der Waals surface area contributed by atoms with Gasteiger partial charge in [-0.05, 0) is 32.4 Å². The largest absolute Gasteiger partial charge is 1.00 e. The molecule has 0 N–H and O–H groups in total. The van der Waals surface area contributed by atoms with Crippen LogP contribution in [-0.4, -0.2) is 54.7 Å². The summed E-state index contributed by atoms with van der Waals surface area (Å²) in [6.45, 7) is 2.94. The van der Waals surface area contributed by atoms with Crippen molar-refractivity contribution in [2.75, 3.05) is 26.2 Å². The Hall–Kier alpha value is 0.291. The fourth-order valence-electron chi connectivity index (χ4n) is 2.65. The average Bonchev–Trinajstić information content (AvgIpc) is 2.44. The van der Waals surface area contributed by atoms with E-state index in [1.165, 1.54) is 6.07 Å². The number of halogens is 3. The average molecular weight is 414 g/mol. The molecule has 2 rings (SSSR count). The van der Waals surface area contributed by atoms with E-state index >= 15 is 0 Å². The van der Waals surface area contributed by atoms with Gasteiger partial charge < -0.3 is 22.6 Å². The quantitative estimate of drug-likeness (QED) is 0.562. The predicted molar refractivity (Wildman–Crippen MR) is 95.5 cm³/mol. The van der Waals surface area contributed by atoms with Crippen molar-refractivity contribution < 1.29 is 73.9 Å². The van der Waals surface area contributed by atoms with E-state index < -0.39 is 18.0 Å². The number of piperazine rings is 1. The predicted octanol–water partition coefficient (Wildman–Crippen LogP) is 0.0864. The van der Waals surface area contributed by atoms with Gasteiger partial charge in [-0.15, -0.1) is 18.1 Å². The zero-order chi connectivity index (χ0) is 18.8. The minimum Gasteiger partial charge on any atom is -0.445 e. The zero-order valence-corrected chi connectivity index (χ0v) is 19.7. The van der Waals surface area contributed by atoms with Crippen LogP contribution in [-0.2, 0) is 11.3 Å². The third-order valence-corrected chi connectivity index (χ3v) is 4.07. The van der Waals surface area contributed by atoms with Crippen LogP contribution in [0.1, 0.15) is 26.3 Å². The molecule has 4 nitrogen and oxygen atoms in total. The molecule has 1 aromatic rings. The molecule has 0 atom stereocenters. The molecule has 1 aromatic carbocycles. The Labute approximate surface area is 200 Å². The van der Waals surface area contributed by atoms with Crippen LogP contribution in [0.2, 0.25) is 0 Å². The first-order valence-electron chi connectivity index (χ1n) is 8.17. The van der Waals surface area contributed by atoms with Gasteiger partial charge in [0.15, 0.2) is 0 Å². The number of carbonyl (C=O) groups excluding carboxylic acids is 1.